The molecule has 0 aliphatic heterocycles. The van der Waals surface area contributed by atoms with Crippen LogP contribution in [0.1, 0.15) is 33.1 Å². The van der Waals surface area contributed by atoms with Crippen LogP contribution in [-0.2, 0) is 26.2 Å². The van der Waals surface area contributed by atoms with Crippen LogP contribution in [0, 0.1) is 12.8 Å². The number of rotatable bonds is 3. The maximum atomic E-state index is 3.76. The van der Waals surface area contributed by atoms with Crippen LogP contribution in [0.2, 0.25) is 0 Å². The predicted octanol–water partition coefficient (Wildman–Crippen LogP) is 0.170. The van der Waals surface area contributed by atoms with Crippen LogP contribution >= 0.6 is 0 Å². The molecule has 0 atom stereocenters. The third kappa shape index (κ3) is 36.4. The second-order valence-electron chi connectivity index (χ2n) is 2.39. The Labute approximate surface area is 88.6 Å². The van der Waals surface area contributed by atoms with Gasteiger partial charge in [0.15, 0.2) is 0 Å². The fourth-order valence-electron chi connectivity index (χ4n) is 0.553. The van der Waals surface area contributed by atoms with Gasteiger partial charge in [-0.05, 0) is 5.92 Å². The molecule has 0 aliphatic rings. The summed E-state index contributed by atoms with van der Waals surface area (Å²) >= 11 is 0. The van der Waals surface area contributed by atoms with Crippen molar-refractivity contribution in [3.05, 3.63) is 6.92 Å². The van der Waals surface area contributed by atoms with Gasteiger partial charge < -0.3 is 23.4 Å². The summed E-state index contributed by atoms with van der Waals surface area (Å²) in [5, 5.41) is 0. The fourth-order valence-corrected chi connectivity index (χ4v) is 0.553. The molecule has 72 valence electrons. The molecular formula is C7H21O3Zr-. The van der Waals surface area contributed by atoms with E-state index in [0.717, 1.165) is 12.3 Å². The van der Waals surface area contributed by atoms with E-state index in [1.54, 1.807) is 0 Å². The van der Waals surface area contributed by atoms with Gasteiger partial charge in [-0.3, -0.25) is 0 Å². The van der Waals surface area contributed by atoms with Crippen LogP contribution < -0.4 is 0 Å². The molecule has 0 unspecified atom stereocenters. The van der Waals surface area contributed by atoms with Crippen molar-refractivity contribution in [2.45, 2.75) is 33.1 Å². The van der Waals surface area contributed by atoms with Crippen molar-refractivity contribution in [2.75, 3.05) is 0 Å². The summed E-state index contributed by atoms with van der Waals surface area (Å²) in [6, 6.07) is 0. The summed E-state index contributed by atoms with van der Waals surface area (Å²) in [4.78, 5) is 0. The molecule has 11 heavy (non-hydrogen) atoms. The zero-order valence-electron chi connectivity index (χ0n) is 7.41. The molecule has 0 bridgehead atoms. The number of unbranched alkanes of at least 4 members (excludes halogenated alkanes) is 1. The molecule has 0 spiro atoms. The quantitative estimate of drug-likeness (QED) is 0.633. The standard InChI is InChI=1S/C7H15.3H2O.Zr/c1-4-5-6-7(2)3;;;;/h7H,1,4-6H2,2-3H3;3*1H2;/q-1;;;;. The molecule has 0 fully saturated rings. The minimum Gasteiger partial charge on any atom is -0.412 e. The van der Waals surface area contributed by atoms with Crippen LogP contribution in [0.25, 0.3) is 0 Å². The van der Waals surface area contributed by atoms with E-state index in [-0.39, 0.29) is 42.6 Å². The van der Waals surface area contributed by atoms with Crippen LogP contribution in [-0.4, -0.2) is 16.4 Å². The molecule has 0 rings (SSSR count). The zero-order valence-corrected chi connectivity index (χ0v) is 9.86. The summed E-state index contributed by atoms with van der Waals surface area (Å²) in [6.45, 7) is 8.25. The fraction of sp³-hybridized carbons (Fsp3) is 0.857. The summed E-state index contributed by atoms with van der Waals surface area (Å²) in [5.41, 5.74) is 0. The van der Waals surface area contributed by atoms with Gasteiger partial charge >= 0.3 is 0 Å². The Morgan fingerprint density at radius 1 is 1.09 bits per heavy atom. The minimum absolute atomic E-state index is 0. The van der Waals surface area contributed by atoms with E-state index in [4.69, 9.17) is 0 Å². The Morgan fingerprint density at radius 2 is 1.45 bits per heavy atom. The maximum Gasteiger partial charge on any atom is 0 e. The average Bonchev–Trinajstić information content (AvgIpc) is 1.61. The normalized spacial score (nSPS) is 6.55. The van der Waals surface area contributed by atoms with Gasteiger partial charge in [0, 0.05) is 26.2 Å². The summed E-state index contributed by atoms with van der Waals surface area (Å²) < 4.78 is 0. The second-order valence-corrected chi connectivity index (χ2v) is 2.39. The topological polar surface area (TPSA) is 94.5 Å². The molecule has 0 aromatic rings. The summed E-state index contributed by atoms with van der Waals surface area (Å²) in [6.07, 6.45) is 3.72. The third-order valence-corrected chi connectivity index (χ3v) is 1.03. The van der Waals surface area contributed by atoms with E-state index >= 15 is 0 Å². The Bertz CT molecular complexity index is 42.7. The zero-order chi connectivity index (χ0) is 5.70. The van der Waals surface area contributed by atoms with Crippen LogP contribution in [0.4, 0.5) is 0 Å². The van der Waals surface area contributed by atoms with E-state index in [0.29, 0.717) is 0 Å². The third-order valence-electron chi connectivity index (χ3n) is 1.03. The Morgan fingerprint density at radius 3 is 1.55 bits per heavy atom. The van der Waals surface area contributed by atoms with Crippen molar-refractivity contribution in [3.8, 4) is 0 Å². The van der Waals surface area contributed by atoms with E-state index in [1.807, 2.05) is 0 Å². The molecule has 3 nitrogen and oxygen atoms in total. The SMILES string of the molecule is O.O.O.[CH2-]CCCC(C)C.[Zr]. The van der Waals surface area contributed by atoms with Crippen LogP contribution in [0.5, 0.6) is 0 Å². The van der Waals surface area contributed by atoms with Gasteiger partial charge in [0.25, 0.3) is 0 Å². The van der Waals surface area contributed by atoms with Gasteiger partial charge in [-0.25, -0.2) is 0 Å². The second kappa shape index (κ2) is 22.4. The van der Waals surface area contributed by atoms with Crippen molar-refractivity contribution in [3.63, 3.8) is 0 Å². The number of hydrogen-bond acceptors (Lipinski definition) is 0. The smallest absolute Gasteiger partial charge is 0 e. The molecule has 0 amide bonds. The summed E-state index contributed by atoms with van der Waals surface area (Å²) in [7, 11) is 0. The first-order valence-electron chi connectivity index (χ1n) is 3.06. The van der Waals surface area contributed by atoms with Crippen molar-refractivity contribution in [1.82, 2.24) is 0 Å². The first-order chi connectivity index (χ1) is 3.27. The van der Waals surface area contributed by atoms with Crippen LogP contribution in [0.15, 0.2) is 0 Å². The van der Waals surface area contributed by atoms with E-state index in [2.05, 4.69) is 20.8 Å². The van der Waals surface area contributed by atoms with E-state index < -0.39 is 0 Å². The number of hydrogen-bond donors (Lipinski definition) is 0. The van der Waals surface area contributed by atoms with Gasteiger partial charge in [0.05, 0.1) is 0 Å². The Balaban J connectivity index is -0.0000000300. The Hall–Kier alpha value is 0.763. The molecule has 0 radical (unpaired) electrons. The molecule has 0 aromatic carbocycles. The van der Waals surface area contributed by atoms with Gasteiger partial charge in [0.1, 0.15) is 0 Å². The largest absolute Gasteiger partial charge is 0.412 e. The molecule has 4 heteroatoms. The van der Waals surface area contributed by atoms with Crippen molar-refractivity contribution < 1.29 is 42.6 Å². The predicted molar refractivity (Wildman–Crippen MR) is 44.9 cm³/mol. The molecular weight excluding hydrogens is 223 g/mol. The first-order valence-corrected chi connectivity index (χ1v) is 3.06. The summed E-state index contributed by atoms with van der Waals surface area (Å²) in [5.74, 6) is 0.863. The molecule has 0 aliphatic carbocycles. The molecule has 6 N–H and O–H groups in total. The average molecular weight is 244 g/mol. The van der Waals surface area contributed by atoms with Crippen LogP contribution in [0.3, 0.4) is 0 Å². The van der Waals surface area contributed by atoms with Gasteiger partial charge in [-0.2, -0.15) is 6.42 Å². The van der Waals surface area contributed by atoms with E-state index in [9.17, 15) is 0 Å². The first kappa shape index (κ1) is 29.8. The van der Waals surface area contributed by atoms with Gasteiger partial charge in [-0.15, -0.1) is 0 Å². The van der Waals surface area contributed by atoms with E-state index in [1.165, 1.54) is 12.8 Å². The Kier molecular flexibility index (Phi) is 60.7. The van der Waals surface area contributed by atoms with Gasteiger partial charge in [0.2, 0.25) is 0 Å². The monoisotopic (exact) mass is 243 g/mol. The molecule has 0 heterocycles. The molecule has 0 saturated carbocycles. The molecule has 0 aromatic heterocycles. The maximum absolute atomic E-state index is 3.76. The van der Waals surface area contributed by atoms with Crippen molar-refractivity contribution in [2.24, 2.45) is 5.92 Å². The minimum atomic E-state index is 0. The van der Waals surface area contributed by atoms with Crippen molar-refractivity contribution in [1.29, 1.82) is 0 Å². The van der Waals surface area contributed by atoms with Gasteiger partial charge in [-0.1, -0.05) is 26.7 Å². The van der Waals surface area contributed by atoms with Crippen molar-refractivity contribution >= 4 is 0 Å². The molecule has 0 saturated heterocycles.